The summed E-state index contributed by atoms with van der Waals surface area (Å²) in [5.41, 5.74) is 4.43. The van der Waals surface area contributed by atoms with Gasteiger partial charge < -0.3 is 20.7 Å². The molecule has 0 saturated heterocycles. The fraction of sp³-hybridized carbons (Fsp3) is 0.167. The first kappa shape index (κ1) is 13.5. The molecule has 0 aromatic rings. The predicted molar refractivity (Wildman–Crippen MR) is 41.0 cm³/mol. The summed E-state index contributed by atoms with van der Waals surface area (Å²) in [6, 6.07) is 0. The van der Waals surface area contributed by atoms with Crippen LogP contribution in [-0.2, 0) is 14.3 Å². The molecule has 0 fully saturated rings. The van der Waals surface area contributed by atoms with Crippen LogP contribution in [0, 0.1) is 0 Å². The van der Waals surface area contributed by atoms with Crippen LogP contribution >= 0.6 is 0 Å². The molecule has 0 aromatic carbocycles. The molecule has 0 bridgehead atoms. The SMILES string of the molecule is COC(N)=O.O=C(O)C=CC(=O)O. The highest BCUT2D eigenvalue weighted by molar-refractivity contribution is 5.89. The Kier molecular flexibility index (Phi) is 8.38. The molecule has 13 heavy (non-hydrogen) atoms. The standard InChI is InChI=1S/C4H4O4.C2H5NO2/c5-3(6)1-2-4(7)8;1-5-2(3)4/h1-2H,(H,5,6)(H,7,8);1H3,(H2,3,4). The summed E-state index contributed by atoms with van der Waals surface area (Å²) in [7, 11) is 1.22. The Bertz CT molecular complexity index is 205. The van der Waals surface area contributed by atoms with Gasteiger partial charge in [0.25, 0.3) is 0 Å². The van der Waals surface area contributed by atoms with Gasteiger partial charge in [-0.15, -0.1) is 0 Å². The molecule has 1 amide bonds. The Morgan fingerprint density at radius 1 is 1.15 bits per heavy atom. The molecule has 74 valence electrons. The molecule has 0 spiro atoms. The number of carboxylic acid groups (broad SMARTS) is 2. The number of carboxylic acids is 2. The van der Waals surface area contributed by atoms with E-state index in [-0.39, 0.29) is 0 Å². The van der Waals surface area contributed by atoms with Gasteiger partial charge in [-0.25, -0.2) is 14.4 Å². The van der Waals surface area contributed by atoms with Crippen molar-refractivity contribution in [1.82, 2.24) is 0 Å². The number of primary amides is 1. The summed E-state index contributed by atoms with van der Waals surface area (Å²) in [4.78, 5) is 28.5. The fourth-order valence-corrected chi connectivity index (χ4v) is 0.143. The average molecular weight is 191 g/mol. The number of carbonyl (C=O) groups is 3. The van der Waals surface area contributed by atoms with E-state index >= 15 is 0 Å². The highest BCUT2D eigenvalue weighted by Gasteiger charge is 1.88. The number of methoxy groups -OCH3 is 1. The van der Waals surface area contributed by atoms with Crippen molar-refractivity contribution in [2.45, 2.75) is 0 Å². The van der Waals surface area contributed by atoms with E-state index in [1.54, 1.807) is 0 Å². The van der Waals surface area contributed by atoms with Gasteiger partial charge >= 0.3 is 18.0 Å². The van der Waals surface area contributed by atoms with Gasteiger partial charge in [0.05, 0.1) is 7.11 Å². The molecule has 0 radical (unpaired) electrons. The zero-order valence-corrected chi connectivity index (χ0v) is 6.76. The first-order valence-corrected chi connectivity index (χ1v) is 2.87. The molecule has 0 atom stereocenters. The van der Waals surface area contributed by atoms with Gasteiger partial charge in [0, 0.05) is 12.2 Å². The highest BCUT2D eigenvalue weighted by Crippen LogP contribution is 1.70. The van der Waals surface area contributed by atoms with Crippen LogP contribution in [0.5, 0.6) is 0 Å². The number of carbonyl (C=O) groups excluding carboxylic acids is 1. The smallest absolute Gasteiger partial charge is 0.404 e. The van der Waals surface area contributed by atoms with Gasteiger partial charge in [0.2, 0.25) is 0 Å². The maximum atomic E-state index is 9.55. The van der Waals surface area contributed by atoms with Crippen molar-refractivity contribution in [2.24, 2.45) is 5.73 Å². The first-order valence-electron chi connectivity index (χ1n) is 2.87. The number of hydrogen-bond acceptors (Lipinski definition) is 4. The zero-order chi connectivity index (χ0) is 10.9. The number of ether oxygens (including phenoxy) is 1. The summed E-state index contributed by atoms with van der Waals surface area (Å²) in [6.07, 6.45) is 0.370. The van der Waals surface area contributed by atoms with Crippen molar-refractivity contribution >= 4 is 18.0 Å². The van der Waals surface area contributed by atoms with Crippen LogP contribution in [0.4, 0.5) is 4.79 Å². The van der Waals surface area contributed by atoms with Crippen LogP contribution in [0.15, 0.2) is 12.2 Å². The molecule has 0 heterocycles. The van der Waals surface area contributed by atoms with Crippen molar-refractivity contribution in [2.75, 3.05) is 7.11 Å². The zero-order valence-electron chi connectivity index (χ0n) is 6.76. The molecular weight excluding hydrogens is 182 g/mol. The molecule has 7 heteroatoms. The second-order valence-corrected chi connectivity index (χ2v) is 1.53. The summed E-state index contributed by atoms with van der Waals surface area (Å²) in [5.74, 6) is -2.51. The predicted octanol–water partition coefficient (Wildman–Crippen LogP) is -0.577. The van der Waals surface area contributed by atoms with Crippen molar-refractivity contribution in [3.63, 3.8) is 0 Å². The highest BCUT2D eigenvalue weighted by atomic mass is 16.5. The van der Waals surface area contributed by atoms with E-state index in [0.29, 0.717) is 12.2 Å². The molecule has 0 aliphatic carbocycles. The molecular formula is C6H9NO6. The summed E-state index contributed by atoms with van der Waals surface area (Å²) in [5, 5.41) is 15.6. The third kappa shape index (κ3) is 25.7. The Morgan fingerprint density at radius 3 is 1.46 bits per heavy atom. The molecule has 0 aliphatic heterocycles. The van der Waals surface area contributed by atoms with Crippen molar-refractivity contribution in [3.05, 3.63) is 12.2 Å². The van der Waals surface area contributed by atoms with E-state index in [9.17, 15) is 14.4 Å². The topological polar surface area (TPSA) is 127 Å². The summed E-state index contributed by atoms with van der Waals surface area (Å²) >= 11 is 0. The van der Waals surface area contributed by atoms with Crippen LogP contribution in [0.3, 0.4) is 0 Å². The normalized spacial score (nSPS) is 8.38. The maximum Gasteiger partial charge on any atom is 0.404 e. The third-order valence-corrected chi connectivity index (χ3v) is 0.570. The second kappa shape index (κ2) is 8.05. The van der Waals surface area contributed by atoms with Gasteiger partial charge in [0.1, 0.15) is 0 Å². The minimum atomic E-state index is -1.26. The van der Waals surface area contributed by atoms with Crippen LogP contribution in [-0.4, -0.2) is 35.4 Å². The minimum absolute atomic E-state index is 0.558. The molecule has 0 unspecified atom stereocenters. The number of nitrogens with two attached hydrogens (primary N) is 1. The van der Waals surface area contributed by atoms with E-state index in [0.717, 1.165) is 0 Å². The average Bonchev–Trinajstić information content (AvgIpc) is 2.02. The molecule has 7 nitrogen and oxygen atoms in total. The van der Waals surface area contributed by atoms with Gasteiger partial charge in [-0.05, 0) is 0 Å². The number of rotatable bonds is 2. The third-order valence-electron chi connectivity index (χ3n) is 0.570. The quantitative estimate of drug-likeness (QED) is 0.501. The lowest BCUT2D eigenvalue weighted by Crippen LogP contribution is -2.08. The van der Waals surface area contributed by atoms with Crippen molar-refractivity contribution < 1.29 is 29.3 Å². The number of amides is 1. The largest absolute Gasteiger partial charge is 0.478 e. The molecule has 0 aromatic heterocycles. The van der Waals surface area contributed by atoms with Gasteiger partial charge in [0.15, 0.2) is 0 Å². The van der Waals surface area contributed by atoms with Crippen molar-refractivity contribution in [3.8, 4) is 0 Å². The lowest BCUT2D eigenvalue weighted by Gasteiger charge is -1.81. The first-order chi connectivity index (χ1) is 5.90. The van der Waals surface area contributed by atoms with Crippen LogP contribution in [0.25, 0.3) is 0 Å². The molecule has 0 saturated carbocycles. The molecule has 0 rings (SSSR count). The lowest BCUT2D eigenvalue weighted by molar-refractivity contribution is -0.134. The van der Waals surface area contributed by atoms with Crippen molar-refractivity contribution in [1.29, 1.82) is 0 Å². The van der Waals surface area contributed by atoms with E-state index in [2.05, 4.69) is 10.5 Å². The number of hydrogen-bond donors (Lipinski definition) is 3. The summed E-state index contributed by atoms with van der Waals surface area (Å²) in [6.45, 7) is 0. The Labute approximate surface area is 73.4 Å². The van der Waals surface area contributed by atoms with E-state index in [1.807, 2.05) is 0 Å². The Hall–Kier alpha value is -2.05. The fourth-order valence-electron chi connectivity index (χ4n) is 0.143. The molecule has 4 N–H and O–H groups in total. The van der Waals surface area contributed by atoms with Gasteiger partial charge in [-0.1, -0.05) is 0 Å². The van der Waals surface area contributed by atoms with Gasteiger partial charge in [-0.3, -0.25) is 0 Å². The minimum Gasteiger partial charge on any atom is -0.478 e. The second-order valence-electron chi connectivity index (χ2n) is 1.53. The Morgan fingerprint density at radius 2 is 1.38 bits per heavy atom. The maximum absolute atomic E-state index is 9.55. The molecule has 0 aliphatic rings. The van der Waals surface area contributed by atoms with Crippen LogP contribution < -0.4 is 5.73 Å². The van der Waals surface area contributed by atoms with Crippen LogP contribution in [0.1, 0.15) is 0 Å². The van der Waals surface area contributed by atoms with Gasteiger partial charge in [-0.2, -0.15) is 0 Å². The van der Waals surface area contributed by atoms with E-state index < -0.39 is 18.0 Å². The Balaban J connectivity index is 0. The summed E-state index contributed by atoms with van der Waals surface area (Å²) < 4.78 is 3.89. The van der Waals surface area contributed by atoms with Crippen LogP contribution in [0.2, 0.25) is 0 Å². The monoisotopic (exact) mass is 191 g/mol. The number of aliphatic carboxylic acids is 2. The van der Waals surface area contributed by atoms with E-state index in [1.165, 1.54) is 7.11 Å². The lowest BCUT2D eigenvalue weighted by atomic mass is 10.5. The van der Waals surface area contributed by atoms with E-state index in [4.69, 9.17) is 10.2 Å².